The summed E-state index contributed by atoms with van der Waals surface area (Å²) >= 11 is 5.90. The molecule has 0 atom stereocenters. The molecule has 1 aromatic carbocycles. The molecule has 3 rings (SSSR count). The number of amides is 2. The summed E-state index contributed by atoms with van der Waals surface area (Å²) in [7, 11) is 0. The van der Waals surface area contributed by atoms with Crippen LogP contribution in [0.2, 0.25) is 5.02 Å². The molecule has 9 heteroatoms. The number of benzene rings is 1. The summed E-state index contributed by atoms with van der Waals surface area (Å²) in [5, 5.41) is 0.248. The van der Waals surface area contributed by atoms with Gasteiger partial charge in [-0.3, -0.25) is 20.4 Å². The molecule has 0 saturated carbocycles. The maximum atomic E-state index is 12.1. The van der Waals surface area contributed by atoms with Crippen LogP contribution in [-0.4, -0.2) is 33.8 Å². The molecule has 3 aromatic rings. The average molecular weight is 387 g/mol. The summed E-state index contributed by atoms with van der Waals surface area (Å²) in [6.45, 7) is 1.30. The number of aromatic nitrogens is 2. The third-order valence-electron chi connectivity index (χ3n) is 3.67. The number of imidazole rings is 1. The fraction of sp³-hybridized carbons (Fsp3) is 0.111. The van der Waals surface area contributed by atoms with Crippen molar-refractivity contribution < 1.29 is 19.1 Å². The predicted molar refractivity (Wildman–Crippen MR) is 97.3 cm³/mol. The molecule has 2 amide bonds. The SMILES string of the molecule is Cc1cccc2nc(C(=O)OCC(=O)NNC(=O)c3ccccc3Cl)cn12. The Morgan fingerprint density at radius 1 is 1.11 bits per heavy atom. The summed E-state index contributed by atoms with van der Waals surface area (Å²) in [4.78, 5) is 39.9. The Hall–Kier alpha value is -3.39. The van der Waals surface area contributed by atoms with Crippen molar-refractivity contribution in [3.05, 3.63) is 70.6 Å². The van der Waals surface area contributed by atoms with E-state index < -0.39 is 24.4 Å². The highest BCUT2D eigenvalue weighted by Crippen LogP contribution is 2.14. The number of hydrogen-bond donors (Lipinski definition) is 2. The number of hydrazine groups is 1. The van der Waals surface area contributed by atoms with Gasteiger partial charge in [-0.1, -0.05) is 29.8 Å². The summed E-state index contributed by atoms with van der Waals surface area (Å²) in [5.41, 5.74) is 6.13. The average Bonchev–Trinajstić information content (AvgIpc) is 3.10. The fourth-order valence-electron chi connectivity index (χ4n) is 2.33. The van der Waals surface area contributed by atoms with Crippen molar-refractivity contribution in [2.24, 2.45) is 0 Å². The lowest BCUT2D eigenvalue weighted by molar-refractivity contribution is -0.125. The molecule has 27 heavy (non-hydrogen) atoms. The number of esters is 1. The van der Waals surface area contributed by atoms with Crippen LogP contribution in [0.1, 0.15) is 26.5 Å². The topological polar surface area (TPSA) is 102 Å². The predicted octanol–water partition coefficient (Wildman–Crippen LogP) is 1.91. The minimum Gasteiger partial charge on any atom is -0.451 e. The van der Waals surface area contributed by atoms with Crippen LogP contribution in [0.15, 0.2) is 48.7 Å². The van der Waals surface area contributed by atoms with Crippen LogP contribution < -0.4 is 10.9 Å². The molecule has 0 fully saturated rings. The lowest BCUT2D eigenvalue weighted by Crippen LogP contribution is -2.43. The largest absolute Gasteiger partial charge is 0.451 e. The zero-order valence-corrected chi connectivity index (χ0v) is 15.0. The molecule has 8 nitrogen and oxygen atoms in total. The highest BCUT2D eigenvalue weighted by Gasteiger charge is 2.15. The molecule has 2 heterocycles. The van der Waals surface area contributed by atoms with Crippen LogP contribution in [-0.2, 0) is 9.53 Å². The summed E-state index contributed by atoms with van der Waals surface area (Å²) in [6, 6.07) is 11.8. The van der Waals surface area contributed by atoms with Gasteiger partial charge in [-0.25, -0.2) is 9.78 Å². The van der Waals surface area contributed by atoms with Crippen molar-refractivity contribution in [3.63, 3.8) is 0 Å². The Morgan fingerprint density at radius 3 is 2.63 bits per heavy atom. The first kappa shape index (κ1) is 18.4. The maximum Gasteiger partial charge on any atom is 0.359 e. The molecule has 0 unspecified atom stereocenters. The summed E-state index contributed by atoms with van der Waals surface area (Å²) in [6.07, 6.45) is 1.53. The Bertz CT molecular complexity index is 1030. The highest BCUT2D eigenvalue weighted by molar-refractivity contribution is 6.33. The van der Waals surface area contributed by atoms with Gasteiger partial charge < -0.3 is 9.14 Å². The second-order valence-corrected chi connectivity index (χ2v) is 5.99. The number of rotatable bonds is 4. The number of carbonyl (C=O) groups excluding carboxylic acids is 3. The Balaban J connectivity index is 1.52. The smallest absolute Gasteiger partial charge is 0.359 e. The third kappa shape index (κ3) is 4.24. The van der Waals surface area contributed by atoms with Crippen molar-refractivity contribution in [1.82, 2.24) is 20.2 Å². The maximum absolute atomic E-state index is 12.1. The van der Waals surface area contributed by atoms with Gasteiger partial charge in [-0.15, -0.1) is 0 Å². The van der Waals surface area contributed by atoms with E-state index in [0.717, 1.165) is 5.69 Å². The molecular weight excluding hydrogens is 372 g/mol. The monoisotopic (exact) mass is 386 g/mol. The van der Waals surface area contributed by atoms with Gasteiger partial charge in [-0.2, -0.15) is 0 Å². The Kier molecular flexibility index (Phi) is 5.37. The van der Waals surface area contributed by atoms with Crippen molar-refractivity contribution in [3.8, 4) is 0 Å². The first-order valence-corrected chi connectivity index (χ1v) is 8.29. The van der Waals surface area contributed by atoms with Crippen molar-refractivity contribution >= 4 is 35.0 Å². The minimum absolute atomic E-state index is 0.0807. The molecule has 0 aliphatic carbocycles. The normalized spacial score (nSPS) is 10.4. The molecule has 0 aliphatic rings. The van der Waals surface area contributed by atoms with Crippen molar-refractivity contribution in [2.75, 3.05) is 6.61 Å². The van der Waals surface area contributed by atoms with Crippen LogP contribution in [0.5, 0.6) is 0 Å². The van der Waals surface area contributed by atoms with E-state index >= 15 is 0 Å². The quantitative estimate of drug-likeness (QED) is 0.527. The van der Waals surface area contributed by atoms with Crippen molar-refractivity contribution in [2.45, 2.75) is 6.92 Å². The molecule has 0 saturated heterocycles. The molecule has 0 bridgehead atoms. The zero-order chi connectivity index (χ0) is 19.4. The first-order valence-electron chi connectivity index (χ1n) is 7.91. The molecule has 2 aromatic heterocycles. The first-order chi connectivity index (χ1) is 13.0. The van der Waals surface area contributed by atoms with Gasteiger partial charge >= 0.3 is 5.97 Å². The number of hydrogen-bond acceptors (Lipinski definition) is 5. The molecule has 138 valence electrons. The van der Waals surface area contributed by atoms with E-state index in [2.05, 4.69) is 15.8 Å². The highest BCUT2D eigenvalue weighted by atomic mass is 35.5. The number of halogens is 1. The number of carbonyl (C=O) groups is 3. The molecule has 2 N–H and O–H groups in total. The van der Waals surface area contributed by atoms with E-state index in [4.69, 9.17) is 16.3 Å². The number of aryl methyl sites for hydroxylation is 1. The number of pyridine rings is 1. The lowest BCUT2D eigenvalue weighted by Gasteiger charge is -2.08. The van der Waals surface area contributed by atoms with E-state index in [1.807, 2.05) is 19.1 Å². The van der Waals surface area contributed by atoms with Gasteiger partial charge in [0.15, 0.2) is 12.3 Å². The summed E-state index contributed by atoms with van der Waals surface area (Å²) < 4.78 is 6.65. The van der Waals surface area contributed by atoms with Gasteiger partial charge in [0, 0.05) is 11.9 Å². The second kappa shape index (κ2) is 7.88. The molecular formula is C18H15ClN4O4. The van der Waals surface area contributed by atoms with E-state index in [1.165, 1.54) is 12.3 Å². The molecule has 0 aliphatic heterocycles. The van der Waals surface area contributed by atoms with Crippen LogP contribution in [0.4, 0.5) is 0 Å². The van der Waals surface area contributed by atoms with E-state index in [0.29, 0.717) is 5.65 Å². The van der Waals surface area contributed by atoms with Gasteiger partial charge in [0.1, 0.15) is 5.65 Å². The van der Waals surface area contributed by atoms with E-state index in [9.17, 15) is 14.4 Å². The third-order valence-corrected chi connectivity index (χ3v) is 4.00. The van der Waals surface area contributed by atoms with Crippen LogP contribution >= 0.6 is 11.6 Å². The van der Waals surface area contributed by atoms with E-state index in [-0.39, 0.29) is 16.3 Å². The number of ether oxygens (including phenoxy) is 1. The summed E-state index contributed by atoms with van der Waals surface area (Å²) in [5.74, 6) is -2.04. The second-order valence-electron chi connectivity index (χ2n) is 5.58. The van der Waals surface area contributed by atoms with Crippen molar-refractivity contribution in [1.29, 1.82) is 0 Å². The van der Waals surface area contributed by atoms with E-state index in [1.54, 1.807) is 28.7 Å². The van der Waals surface area contributed by atoms with Gasteiger partial charge in [0.05, 0.1) is 10.6 Å². The Labute approximate surface area is 159 Å². The Morgan fingerprint density at radius 2 is 1.89 bits per heavy atom. The minimum atomic E-state index is -0.745. The lowest BCUT2D eigenvalue weighted by atomic mass is 10.2. The van der Waals surface area contributed by atoms with Crippen LogP contribution in [0.25, 0.3) is 5.65 Å². The molecule has 0 radical (unpaired) electrons. The van der Waals surface area contributed by atoms with Gasteiger partial charge in [0.25, 0.3) is 11.8 Å². The molecule has 0 spiro atoms. The van der Waals surface area contributed by atoms with Crippen LogP contribution in [0.3, 0.4) is 0 Å². The van der Waals surface area contributed by atoms with Crippen LogP contribution in [0, 0.1) is 6.92 Å². The van der Waals surface area contributed by atoms with Gasteiger partial charge in [-0.05, 0) is 31.2 Å². The number of nitrogens with zero attached hydrogens (tertiary/aromatic N) is 2. The number of nitrogens with one attached hydrogen (secondary N) is 2. The van der Waals surface area contributed by atoms with Gasteiger partial charge in [0.2, 0.25) is 0 Å². The standard InChI is InChI=1S/C18H15ClN4O4/c1-11-5-4-8-15-20-14(9-23(11)15)18(26)27-10-16(24)21-22-17(25)12-6-2-3-7-13(12)19/h2-9H,10H2,1H3,(H,21,24)(H,22,25). The number of fused-ring (bicyclic) bond motifs is 1. The fourth-order valence-corrected chi connectivity index (χ4v) is 2.55. The zero-order valence-electron chi connectivity index (χ0n) is 14.2.